The molecule has 6 heteroatoms. The second-order valence-corrected chi connectivity index (χ2v) is 4.96. The van der Waals surface area contributed by atoms with Gasteiger partial charge >= 0.3 is 5.97 Å². The monoisotopic (exact) mass is 300 g/mol. The van der Waals surface area contributed by atoms with E-state index < -0.39 is 17.5 Å². The predicted octanol–water partition coefficient (Wildman–Crippen LogP) is 2.73. The van der Waals surface area contributed by atoms with E-state index in [0.29, 0.717) is 12.2 Å². The van der Waals surface area contributed by atoms with Crippen molar-refractivity contribution in [3.63, 3.8) is 0 Å². The van der Waals surface area contributed by atoms with Crippen molar-refractivity contribution in [1.82, 2.24) is 4.90 Å². The van der Waals surface area contributed by atoms with Gasteiger partial charge in [-0.3, -0.25) is 0 Å². The number of aliphatic imine (C=N–C) groups is 1. The fourth-order valence-corrected chi connectivity index (χ4v) is 1.71. The molecular weight excluding hydrogens is 275 g/mol. The van der Waals surface area contributed by atoms with Gasteiger partial charge in [0.2, 0.25) is 5.97 Å². The summed E-state index contributed by atoms with van der Waals surface area (Å²) in [4.78, 5) is 16.6. The van der Waals surface area contributed by atoms with Crippen LogP contribution in [-0.2, 0) is 4.79 Å². The molecule has 120 valence electrons. The van der Waals surface area contributed by atoms with Crippen molar-refractivity contribution in [1.29, 1.82) is 0 Å². The van der Waals surface area contributed by atoms with Crippen LogP contribution in [0.15, 0.2) is 29.0 Å². The molecule has 0 aliphatic heterocycles. The van der Waals surface area contributed by atoms with Crippen LogP contribution in [0, 0.1) is 0 Å². The molecule has 0 aromatic heterocycles. The molecule has 0 amide bonds. The first-order valence-corrected chi connectivity index (χ1v) is 6.95. The Morgan fingerprint density at radius 3 is 2.43 bits per heavy atom. The van der Waals surface area contributed by atoms with Crippen LogP contribution in [0.2, 0.25) is 0 Å². The number of hydrogen-bond acceptors (Lipinski definition) is 4. The summed E-state index contributed by atoms with van der Waals surface area (Å²) in [6.07, 6.45) is 1.83. The lowest BCUT2D eigenvalue weighted by atomic mass is 9.96. The summed E-state index contributed by atoms with van der Waals surface area (Å²) in [5.74, 6) is -1.52. The molecule has 0 radical (unpaired) electrons. The molecule has 0 aromatic rings. The summed E-state index contributed by atoms with van der Waals surface area (Å²) in [5, 5.41) is 19.0. The van der Waals surface area contributed by atoms with E-state index in [4.69, 9.17) is 5.11 Å². The third-order valence-electron chi connectivity index (χ3n) is 3.50. The van der Waals surface area contributed by atoms with Gasteiger partial charge in [-0.05, 0) is 31.4 Å². The molecule has 0 aliphatic rings. The first kappa shape index (κ1) is 19.3. The van der Waals surface area contributed by atoms with E-state index in [-0.39, 0.29) is 19.4 Å². The lowest BCUT2D eigenvalue weighted by Crippen LogP contribution is -2.40. The van der Waals surface area contributed by atoms with Gasteiger partial charge in [-0.2, -0.15) is 4.39 Å². The molecule has 0 aromatic carbocycles. The zero-order valence-corrected chi connectivity index (χ0v) is 13.2. The van der Waals surface area contributed by atoms with E-state index in [1.807, 2.05) is 13.8 Å². The molecule has 0 aliphatic carbocycles. The second kappa shape index (κ2) is 8.56. The summed E-state index contributed by atoms with van der Waals surface area (Å²) < 4.78 is 13.3. The van der Waals surface area contributed by atoms with Gasteiger partial charge in [0, 0.05) is 20.0 Å². The first-order valence-electron chi connectivity index (χ1n) is 6.95. The maximum Gasteiger partial charge on any atom is 0.335 e. The number of aliphatic carboxylic acids is 1. The number of carboxylic acids is 1. The van der Waals surface area contributed by atoms with Crippen LogP contribution < -0.4 is 0 Å². The molecule has 21 heavy (non-hydrogen) atoms. The molecular formula is C15H25FN2O3. The van der Waals surface area contributed by atoms with Crippen LogP contribution in [0.25, 0.3) is 0 Å². The van der Waals surface area contributed by atoms with Gasteiger partial charge in [0.1, 0.15) is 5.82 Å². The Hall–Kier alpha value is -1.69. The van der Waals surface area contributed by atoms with Crippen molar-refractivity contribution in [2.75, 3.05) is 13.6 Å². The zero-order valence-electron chi connectivity index (χ0n) is 13.2. The average Bonchev–Trinajstić information content (AvgIpc) is 2.48. The minimum absolute atomic E-state index is 0.0288. The van der Waals surface area contributed by atoms with Gasteiger partial charge in [0.15, 0.2) is 5.60 Å². The molecule has 0 spiro atoms. The third-order valence-corrected chi connectivity index (χ3v) is 3.50. The summed E-state index contributed by atoms with van der Waals surface area (Å²) in [6, 6.07) is 0. The highest BCUT2D eigenvalue weighted by Crippen LogP contribution is 2.20. The predicted molar refractivity (Wildman–Crippen MR) is 81.9 cm³/mol. The van der Waals surface area contributed by atoms with Gasteiger partial charge in [-0.15, -0.1) is 0 Å². The van der Waals surface area contributed by atoms with Crippen LogP contribution >= 0.6 is 0 Å². The largest absolute Gasteiger partial charge is 0.479 e. The van der Waals surface area contributed by atoms with Crippen molar-refractivity contribution in [3.05, 3.63) is 24.0 Å². The van der Waals surface area contributed by atoms with Crippen molar-refractivity contribution in [3.8, 4) is 0 Å². The Morgan fingerprint density at radius 1 is 1.48 bits per heavy atom. The Balaban J connectivity index is 5.14. The van der Waals surface area contributed by atoms with Crippen molar-refractivity contribution in [2.24, 2.45) is 4.99 Å². The highest BCUT2D eigenvalue weighted by Gasteiger charge is 2.33. The standard InChI is InChI=1S/C15H25FN2O3/c1-6-11(4)13(17-12(16)7-2)18(5)10-9-15(21,8-3)14(19)20/h7,21H,2,6,8-10H2,1,3-5H3,(H,19,20)/b13-11-,17-12+. The minimum Gasteiger partial charge on any atom is -0.479 e. The number of aliphatic hydroxyl groups is 1. The van der Waals surface area contributed by atoms with Crippen LogP contribution in [0.5, 0.6) is 0 Å². The van der Waals surface area contributed by atoms with Gasteiger partial charge in [-0.25, -0.2) is 9.79 Å². The fourth-order valence-electron chi connectivity index (χ4n) is 1.71. The Bertz CT molecular complexity index is 446. The van der Waals surface area contributed by atoms with Gasteiger partial charge in [0.25, 0.3) is 0 Å². The van der Waals surface area contributed by atoms with Crippen molar-refractivity contribution < 1.29 is 19.4 Å². The lowest BCUT2D eigenvalue weighted by Gasteiger charge is -2.27. The highest BCUT2D eigenvalue weighted by molar-refractivity contribution is 5.86. The molecule has 5 nitrogen and oxygen atoms in total. The SMILES string of the molecule is C=C/C(F)=N\C(=C(/C)CC)N(C)CCC(O)(CC)C(=O)O. The third kappa shape index (κ3) is 5.67. The van der Waals surface area contributed by atoms with E-state index in [2.05, 4.69) is 11.6 Å². The van der Waals surface area contributed by atoms with Crippen LogP contribution in [0.1, 0.15) is 40.0 Å². The van der Waals surface area contributed by atoms with Gasteiger partial charge in [0.05, 0.1) is 0 Å². The van der Waals surface area contributed by atoms with Gasteiger partial charge in [-0.1, -0.05) is 20.4 Å². The van der Waals surface area contributed by atoms with Crippen LogP contribution in [0.4, 0.5) is 4.39 Å². The molecule has 0 saturated carbocycles. The second-order valence-electron chi connectivity index (χ2n) is 4.96. The topological polar surface area (TPSA) is 73.1 Å². The van der Waals surface area contributed by atoms with Crippen LogP contribution in [0.3, 0.4) is 0 Å². The van der Waals surface area contributed by atoms with E-state index in [9.17, 15) is 14.3 Å². The molecule has 0 saturated heterocycles. The number of carbonyl (C=O) groups is 1. The number of rotatable bonds is 9. The smallest absolute Gasteiger partial charge is 0.335 e. The van der Waals surface area contributed by atoms with E-state index in [1.165, 1.54) is 0 Å². The first-order chi connectivity index (χ1) is 9.71. The van der Waals surface area contributed by atoms with E-state index in [1.54, 1.807) is 18.9 Å². The Kier molecular flexibility index (Phi) is 7.88. The summed E-state index contributed by atoms with van der Waals surface area (Å²) in [5.41, 5.74) is -0.912. The highest BCUT2D eigenvalue weighted by atomic mass is 19.1. The molecule has 0 rings (SSSR count). The fraction of sp³-hybridized carbons (Fsp3) is 0.600. The molecule has 2 N–H and O–H groups in total. The summed E-state index contributed by atoms with van der Waals surface area (Å²) >= 11 is 0. The Labute approximate surface area is 125 Å². The van der Waals surface area contributed by atoms with Crippen molar-refractivity contribution in [2.45, 2.75) is 45.6 Å². The number of allylic oxidation sites excluding steroid dienone is 2. The zero-order chi connectivity index (χ0) is 16.6. The summed E-state index contributed by atoms with van der Waals surface area (Å²) in [7, 11) is 1.69. The number of halogens is 1. The summed E-state index contributed by atoms with van der Waals surface area (Å²) in [6.45, 7) is 8.92. The normalized spacial score (nSPS) is 16.0. The van der Waals surface area contributed by atoms with Crippen molar-refractivity contribution >= 4 is 11.9 Å². The van der Waals surface area contributed by atoms with Gasteiger partial charge < -0.3 is 15.1 Å². The maximum atomic E-state index is 13.3. The molecule has 0 bridgehead atoms. The minimum atomic E-state index is -1.78. The number of nitrogens with zero attached hydrogens (tertiary/aromatic N) is 2. The van der Waals surface area contributed by atoms with E-state index >= 15 is 0 Å². The van der Waals surface area contributed by atoms with E-state index in [0.717, 1.165) is 11.6 Å². The van der Waals surface area contributed by atoms with Crippen LogP contribution in [-0.4, -0.2) is 46.2 Å². The molecule has 0 fully saturated rings. The number of carboxylic acid groups (broad SMARTS) is 1. The quantitative estimate of drug-likeness (QED) is 0.642. The maximum absolute atomic E-state index is 13.3. The number of hydrogen-bond donors (Lipinski definition) is 2. The lowest BCUT2D eigenvalue weighted by molar-refractivity contribution is -0.159. The molecule has 0 heterocycles. The molecule has 1 atom stereocenters. The molecule has 1 unspecified atom stereocenters. The average molecular weight is 300 g/mol. The Morgan fingerprint density at radius 2 is 2.05 bits per heavy atom.